The fourth-order valence-electron chi connectivity index (χ4n) is 1.97. The third-order valence-corrected chi connectivity index (χ3v) is 4.05. The third-order valence-electron chi connectivity index (χ3n) is 3.10. The van der Waals surface area contributed by atoms with Gasteiger partial charge in [-0.15, -0.1) is 11.3 Å². The molecule has 18 heavy (non-hydrogen) atoms. The molecule has 0 radical (unpaired) electrons. The van der Waals surface area contributed by atoms with Gasteiger partial charge in [0.05, 0.1) is 6.04 Å². The number of anilines is 1. The lowest BCUT2D eigenvalue weighted by molar-refractivity contribution is 0.552. The number of thiophene rings is 1. The molecule has 0 aliphatic rings. The van der Waals surface area contributed by atoms with E-state index in [1.165, 1.54) is 10.9 Å². The Hall–Kier alpha value is -1.35. The smallest absolute Gasteiger partial charge is 0.128 e. The molecule has 2 aromatic rings. The van der Waals surface area contributed by atoms with Gasteiger partial charge in [-0.05, 0) is 36.4 Å². The summed E-state index contributed by atoms with van der Waals surface area (Å²) in [4.78, 5) is 1.29. The number of benzene rings is 1. The first-order valence-corrected chi connectivity index (χ1v) is 7.02. The fourth-order valence-corrected chi connectivity index (χ4v) is 2.92. The van der Waals surface area contributed by atoms with Crippen LogP contribution in [0.15, 0.2) is 35.7 Å². The third kappa shape index (κ3) is 2.72. The lowest BCUT2D eigenvalue weighted by Crippen LogP contribution is -2.16. The van der Waals surface area contributed by atoms with Crippen LogP contribution in [0.5, 0.6) is 0 Å². The zero-order valence-corrected chi connectivity index (χ0v) is 11.7. The first-order valence-electron chi connectivity index (χ1n) is 6.14. The van der Waals surface area contributed by atoms with Crippen molar-refractivity contribution in [3.05, 3.63) is 52.0 Å². The van der Waals surface area contributed by atoms with Crippen molar-refractivity contribution < 1.29 is 4.39 Å². The Bertz CT molecular complexity index is 505. The van der Waals surface area contributed by atoms with Crippen LogP contribution in [0.1, 0.15) is 30.3 Å². The Labute approximate surface area is 112 Å². The average Bonchev–Trinajstić information content (AvgIpc) is 2.84. The van der Waals surface area contributed by atoms with Gasteiger partial charge in [-0.1, -0.05) is 26.0 Å². The van der Waals surface area contributed by atoms with Crippen molar-refractivity contribution in [3.63, 3.8) is 0 Å². The van der Waals surface area contributed by atoms with Crippen LogP contribution >= 0.6 is 11.3 Å². The van der Waals surface area contributed by atoms with Crippen LogP contribution in [0.25, 0.3) is 0 Å². The first-order chi connectivity index (χ1) is 8.59. The normalized spacial score (nSPS) is 12.7. The van der Waals surface area contributed by atoms with Crippen LogP contribution in [-0.4, -0.2) is 0 Å². The molecular weight excluding hydrogens is 245 g/mol. The largest absolute Gasteiger partial charge is 0.377 e. The van der Waals surface area contributed by atoms with Crippen LogP contribution in [0.4, 0.5) is 10.1 Å². The van der Waals surface area contributed by atoms with Crippen LogP contribution < -0.4 is 5.32 Å². The van der Waals surface area contributed by atoms with E-state index in [9.17, 15) is 4.39 Å². The van der Waals surface area contributed by atoms with E-state index in [1.54, 1.807) is 17.4 Å². The average molecular weight is 263 g/mol. The molecule has 1 atom stereocenters. The minimum atomic E-state index is -0.159. The molecule has 1 aromatic carbocycles. The number of nitrogens with one attached hydrogen (secondary N) is 1. The predicted octanol–water partition coefficient (Wildman–Crippen LogP) is 5.00. The Balaban J connectivity index is 2.27. The van der Waals surface area contributed by atoms with Gasteiger partial charge in [-0.2, -0.15) is 0 Å². The molecule has 1 unspecified atom stereocenters. The van der Waals surface area contributed by atoms with Crippen LogP contribution in [0, 0.1) is 18.7 Å². The molecule has 0 fully saturated rings. The number of hydrogen-bond donors (Lipinski definition) is 1. The summed E-state index contributed by atoms with van der Waals surface area (Å²) in [5, 5.41) is 5.53. The summed E-state index contributed by atoms with van der Waals surface area (Å²) in [6.45, 7) is 6.15. The molecule has 0 aliphatic carbocycles. The van der Waals surface area contributed by atoms with Gasteiger partial charge < -0.3 is 5.32 Å². The highest BCUT2D eigenvalue weighted by Gasteiger charge is 2.17. The number of rotatable bonds is 4. The summed E-state index contributed by atoms with van der Waals surface area (Å²) in [5.74, 6) is 0.292. The van der Waals surface area contributed by atoms with Gasteiger partial charge in [0, 0.05) is 16.1 Å². The van der Waals surface area contributed by atoms with E-state index >= 15 is 0 Å². The number of halogens is 1. The van der Waals surface area contributed by atoms with E-state index in [1.807, 2.05) is 13.0 Å². The fraction of sp³-hybridized carbons (Fsp3) is 0.333. The molecule has 0 aliphatic heterocycles. The van der Waals surface area contributed by atoms with Crippen molar-refractivity contribution in [1.29, 1.82) is 0 Å². The maximum absolute atomic E-state index is 13.5. The molecule has 1 nitrogen and oxygen atoms in total. The SMILES string of the molecule is Cc1c(F)cccc1NC(c1cccs1)C(C)C. The molecule has 0 bridgehead atoms. The van der Waals surface area contributed by atoms with Crippen molar-refractivity contribution in [2.75, 3.05) is 5.32 Å². The van der Waals surface area contributed by atoms with Crippen molar-refractivity contribution in [1.82, 2.24) is 0 Å². The monoisotopic (exact) mass is 263 g/mol. The van der Waals surface area contributed by atoms with E-state index in [4.69, 9.17) is 0 Å². The van der Waals surface area contributed by atoms with E-state index in [0.717, 1.165) is 5.69 Å². The summed E-state index contributed by atoms with van der Waals surface area (Å²) < 4.78 is 13.5. The Morgan fingerprint density at radius 3 is 2.56 bits per heavy atom. The molecular formula is C15H18FNS. The maximum atomic E-state index is 13.5. The zero-order chi connectivity index (χ0) is 13.1. The summed E-state index contributed by atoms with van der Waals surface area (Å²) >= 11 is 1.73. The van der Waals surface area contributed by atoms with Gasteiger partial charge in [-0.3, -0.25) is 0 Å². The lowest BCUT2D eigenvalue weighted by atomic mass is 10.0. The molecule has 1 heterocycles. The molecule has 1 aromatic heterocycles. The van der Waals surface area contributed by atoms with E-state index in [0.29, 0.717) is 11.5 Å². The van der Waals surface area contributed by atoms with Crippen molar-refractivity contribution in [3.8, 4) is 0 Å². The van der Waals surface area contributed by atoms with E-state index in [2.05, 4.69) is 36.7 Å². The Kier molecular flexibility index (Phi) is 4.02. The highest BCUT2D eigenvalue weighted by Crippen LogP contribution is 2.31. The molecule has 96 valence electrons. The molecule has 2 rings (SSSR count). The minimum Gasteiger partial charge on any atom is -0.377 e. The minimum absolute atomic E-state index is 0.159. The zero-order valence-electron chi connectivity index (χ0n) is 10.9. The topological polar surface area (TPSA) is 12.0 Å². The maximum Gasteiger partial charge on any atom is 0.128 e. The molecule has 3 heteroatoms. The van der Waals surface area contributed by atoms with Crippen molar-refractivity contribution in [2.45, 2.75) is 26.8 Å². The van der Waals surface area contributed by atoms with Gasteiger partial charge in [0.1, 0.15) is 5.82 Å². The van der Waals surface area contributed by atoms with Gasteiger partial charge in [0.2, 0.25) is 0 Å². The summed E-state index contributed by atoms with van der Waals surface area (Å²) in [5.41, 5.74) is 1.56. The van der Waals surface area contributed by atoms with Crippen LogP contribution in [0.3, 0.4) is 0 Å². The quantitative estimate of drug-likeness (QED) is 0.818. The van der Waals surface area contributed by atoms with Gasteiger partial charge in [-0.25, -0.2) is 4.39 Å². The second kappa shape index (κ2) is 5.53. The van der Waals surface area contributed by atoms with Gasteiger partial charge in [0.15, 0.2) is 0 Å². The molecule has 0 saturated heterocycles. The standard InChI is InChI=1S/C15H18FNS/c1-10(2)15(14-8-5-9-18-14)17-13-7-4-6-12(16)11(13)3/h4-10,15,17H,1-3H3. The van der Waals surface area contributed by atoms with Crippen LogP contribution in [-0.2, 0) is 0 Å². The summed E-state index contributed by atoms with van der Waals surface area (Å²) in [6, 6.07) is 9.57. The van der Waals surface area contributed by atoms with E-state index in [-0.39, 0.29) is 11.9 Å². The van der Waals surface area contributed by atoms with Crippen LogP contribution in [0.2, 0.25) is 0 Å². The van der Waals surface area contributed by atoms with Gasteiger partial charge >= 0.3 is 0 Å². The first kappa shape index (κ1) is 13.1. The molecule has 0 spiro atoms. The lowest BCUT2D eigenvalue weighted by Gasteiger charge is -2.23. The highest BCUT2D eigenvalue weighted by atomic mass is 32.1. The van der Waals surface area contributed by atoms with Gasteiger partial charge in [0.25, 0.3) is 0 Å². The summed E-state index contributed by atoms with van der Waals surface area (Å²) in [7, 11) is 0. The Morgan fingerprint density at radius 2 is 1.94 bits per heavy atom. The highest BCUT2D eigenvalue weighted by molar-refractivity contribution is 7.10. The predicted molar refractivity (Wildman–Crippen MR) is 76.7 cm³/mol. The van der Waals surface area contributed by atoms with Crippen molar-refractivity contribution >= 4 is 17.0 Å². The molecule has 0 amide bonds. The number of hydrogen-bond acceptors (Lipinski definition) is 2. The molecule has 1 N–H and O–H groups in total. The van der Waals surface area contributed by atoms with E-state index < -0.39 is 0 Å². The molecule has 0 saturated carbocycles. The summed E-state index contributed by atoms with van der Waals surface area (Å²) in [6.07, 6.45) is 0. The Morgan fingerprint density at radius 1 is 1.17 bits per heavy atom. The second-order valence-corrected chi connectivity index (χ2v) is 5.77. The van der Waals surface area contributed by atoms with Crippen molar-refractivity contribution in [2.24, 2.45) is 5.92 Å². The second-order valence-electron chi connectivity index (χ2n) is 4.79.